The van der Waals surface area contributed by atoms with E-state index in [4.69, 9.17) is 10.5 Å². The number of hydrogen-bond donors (Lipinski definition) is 1. The third-order valence-corrected chi connectivity index (χ3v) is 6.97. The van der Waals surface area contributed by atoms with Crippen molar-refractivity contribution in [3.05, 3.63) is 66.2 Å². The van der Waals surface area contributed by atoms with Crippen LogP contribution in [0.1, 0.15) is 95.4 Å². The van der Waals surface area contributed by atoms with E-state index in [1.54, 1.807) is 6.20 Å². The molecular formula is C32H46ClN3O2. The summed E-state index contributed by atoms with van der Waals surface area (Å²) in [6, 6.07) is 14.2. The smallest absolute Gasteiger partial charge is 0.221 e. The molecule has 5 nitrogen and oxygen atoms in total. The number of benzene rings is 2. The number of halogens is 1. The van der Waals surface area contributed by atoms with E-state index < -0.39 is 0 Å². The number of hydrogen-bond acceptors (Lipinski definition) is 3. The van der Waals surface area contributed by atoms with Gasteiger partial charge in [0.15, 0.2) is 0 Å². The van der Waals surface area contributed by atoms with E-state index in [9.17, 15) is 4.79 Å². The maximum Gasteiger partial charge on any atom is 0.221 e. The van der Waals surface area contributed by atoms with Crippen molar-refractivity contribution < 1.29 is 9.53 Å². The maximum atomic E-state index is 11.7. The molecular weight excluding hydrogens is 494 g/mol. The van der Waals surface area contributed by atoms with Crippen LogP contribution in [-0.2, 0) is 11.2 Å². The van der Waals surface area contributed by atoms with Gasteiger partial charge in [0.25, 0.3) is 0 Å². The van der Waals surface area contributed by atoms with Crippen LogP contribution in [0, 0.1) is 6.92 Å². The predicted molar refractivity (Wildman–Crippen MR) is 160 cm³/mol. The molecule has 1 amide bonds. The van der Waals surface area contributed by atoms with E-state index in [1.807, 2.05) is 42.0 Å². The first-order valence-electron chi connectivity index (χ1n) is 14.2. The van der Waals surface area contributed by atoms with Crippen molar-refractivity contribution in [3.8, 4) is 22.6 Å². The molecule has 0 spiro atoms. The van der Waals surface area contributed by atoms with Gasteiger partial charge in [-0.25, -0.2) is 4.98 Å². The fourth-order valence-corrected chi connectivity index (χ4v) is 4.86. The summed E-state index contributed by atoms with van der Waals surface area (Å²) in [4.78, 5) is 16.1. The SMILES string of the molecule is CCCCCCCCCCCCCCOc1ccc(CC(N)=O)c(-c2cccc(-n3ccnc3C)c2)c1.Cl. The number of imidazole rings is 1. The minimum absolute atomic E-state index is 0. The average Bonchev–Trinajstić information content (AvgIpc) is 3.33. The van der Waals surface area contributed by atoms with Gasteiger partial charge in [-0.1, -0.05) is 95.8 Å². The van der Waals surface area contributed by atoms with Crippen LogP contribution in [0.15, 0.2) is 54.9 Å². The van der Waals surface area contributed by atoms with Crippen molar-refractivity contribution in [1.82, 2.24) is 9.55 Å². The highest BCUT2D eigenvalue weighted by Crippen LogP contribution is 2.30. The van der Waals surface area contributed by atoms with E-state index in [2.05, 4.69) is 30.1 Å². The molecule has 38 heavy (non-hydrogen) atoms. The van der Waals surface area contributed by atoms with Gasteiger partial charge in [0.05, 0.1) is 13.0 Å². The van der Waals surface area contributed by atoms with Gasteiger partial charge in [-0.05, 0) is 54.3 Å². The third kappa shape index (κ3) is 10.5. The lowest BCUT2D eigenvalue weighted by atomic mass is 9.96. The Bertz CT molecular complexity index is 1100. The summed E-state index contributed by atoms with van der Waals surface area (Å²) in [5.74, 6) is 1.41. The van der Waals surface area contributed by atoms with Gasteiger partial charge in [-0.15, -0.1) is 12.4 Å². The number of unbranched alkanes of at least 4 members (excludes halogenated alkanes) is 11. The molecule has 0 atom stereocenters. The number of carbonyl (C=O) groups is 1. The highest BCUT2D eigenvalue weighted by molar-refractivity contribution is 5.85. The zero-order valence-corrected chi connectivity index (χ0v) is 24.1. The summed E-state index contributed by atoms with van der Waals surface area (Å²) in [7, 11) is 0. The minimum atomic E-state index is -0.340. The first-order chi connectivity index (χ1) is 18.1. The van der Waals surface area contributed by atoms with E-state index >= 15 is 0 Å². The Hall–Kier alpha value is -2.79. The summed E-state index contributed by atoms with van der Waals surface area (Å²) in [5.41, 5.74) is 9.48. The van der Waals surface area contributed by atoms with Crippen LogP contribution in [0.25, 0.3) is 16.8 Å². The second kappa shape index (κ2) is 17.7. The van der Waals surface area contributed by atoms with Gasteiger partial charge < -0.3 is 15.0 Å². The van der Waals surface area contributed by atoms with Crippen LogP contribution in [-0.4, -0.2) is 22.1 Å². The number of aryl methyl sites for hydroxylation is 1. The Labute approximate surface area is 235 Å². The molecule has 1 heterocycles. The molecule has 3 aromatic rings. The van der Waals surface area contributed by atoms with Crippen molar-refractivity contribution in [2.45, 2.75) is 97.3 Å². The van der Waals surface area contributed by atoms with E-state index in [1.165, 1.54) is 70.6 Å². The van der Waals surface area contributed by atoms with Crippen LogP contribution < -0.4 is 10.5 Å². The van der Waals surface area contributed by atoms with Crippen LogP contribution in [0.5, 0.6) is 5.75 Å². The predicted octanol–water partition coefficient (Wildman–Crippen LogP) is 8.38. The maximum absolute atomic E-state index is 11.7. The Morgan fingerprint density at radius 3 is 2.16 bits per heavy atom. The fraction of sp³-hybridized carbons (Fsp3) is 0.500. The number of nitrogens with two attached hydrogens (primary N) is 1. The molecule has 0 bridgehead atoms. The lowest BCUT2D eigenvalue weighted by Gasteiger charge is -2.14. The molecule has 208 valence electrons. The standard InChI is InChI=1S/C32H45N3O2.ClH/c1-3-4-5-6-7-8-9-10-11-12-13-14-22-37-30-19-18-28(24-32(33)36)31(25-30)27-16-15-17-29(23-27)35-21-20-34-26(35)2;/h15-21,23,25H,3-14,22,24H2,1-2H3,(H2,33,36);1H. The van der Waals surface area contributed by atoms with E-state index in [-0.39, 0.29) is 24.7 Å². The molecule has 1 aromatic heterocycles. The minimum Gasteiger partial charge on any atom is -0.494 e. The van der Waals surface area contributed by atoms with Crippen LogP contribution in [0.4, 0.5) is 0 Å². The normalized spacial score (nSPS) is 10.8. The highest BCUT2D eigenvalue weighted by atomic mass is 35.5. The van der Waals surface area contributed by atoms with Gasteiger partial charge in [-0.3, -0.25) is 4.79 Å². The fourth-order valence-electron chi connectivity index (χ4n) is 4.86. The Morgan fingerprint density at radius 2 is 1.55 bits per heavy atom. The largest absolute Gasteiger partial charge is 0.494 e. The summed E-state index contributed by atoms with van der Waals surface area (Å²) in [6.45, 7) is 4.96. The number of nitrogens with zero attached hydrogens (tertiary/aromatic N) is 2. The molecule has 0 radical (unpaired) electrons. The molecule has 3 rings (SSSR count). The monoisotopic (exact) mass is 539 g/mol. The quantitative estimate of drug-likeness (QED) is 0.165. The number of primary amides is 1. The Balaban J connectivity index is 0.00000507. The molecule has 0 unspecified atom stereocenters. The van der Waals surface area contributed by atoms with Crippen molar-refractivity contribution in [1.29, 1.82) is 0 Å². The number of amides is 1. The molecule has 0 aliphatic carbocycles. The number of ether oxygens (including phenoxy) is 1. The van der Waals surface area contributed by atoms with Crippen molar-refractivity contribution in [2.75, 3.05) is 6.61 Å². The third-order valence-electron chi connectivity index (χ3n) is 6.97. The summed E-state index contributed by atoms with van der Waals surface area (Å²) >= 11 is 0. The first kappa shape index (κ1) is 31.4. The first-order valence-corrected chi connectivity index (χ1v) is 14.2. The second-order valence-corrected chi connectivity index (χ2v) is 10.1. The number of rotatable bonds is 18. The van der Waals surface area contributed by atoms with Gasteiger partial charge in [-0.2, -0.15) is 0 Å². The van der Waals surface area contributed by atoms with Crippen LogP contribution >= 0.6 is 12.4 Å². The summed E-state index contributed by atoms with van der Waals surface area (Å²) in [6.07, 6.45) is 19.9. The van der Waals surface area contributed by atoms with Gasteiger partial charge in [0.1, 0.15) is 11.6 Å². The molecule has 0 aliphatic heterocycles. The van der Waals surface area contributed by atoms with Crippen molar-refractivity contribution >= 4 is 18.3 Å². The number of carbonyl (C=O) groups excluding carboxylic acids is 1. The topological polar surface area (TPSA) is 70.1 Å². The van der Waals surface area contributed by atoms with Gasteiger partial charge >= 0.3 is 0 Å². The van der Waals surface area contributed by atoms with Gasteiger partial charge in [0.2, 0.25) is 5.91 Å². The molecule has 0 fully saturated rings. The zero-order valence-electron chi connectivity index (χ0n) is 23.3. The second-order valence-electron chi connectivity index (χ2n) is 10.1. The van der Waals surface area contributed by atoms with Crippen LogP contribution in [0.3, 0.4) is 0 Å². The number of aromatic nitrogens is 2. The summed E-state index contributed by atoms with van der Waals surface area (Å²) < 4.78 is 8.16. The van der Waals surface area contributed by atoms with Crippen LogP contribution in [0.2, 0.25) is 0 Å². The molecule has 0 saturated carbocycles. The molecule has 6 heteroatoms. The Morgan fingerprint density at radius 1 is 0.895 bits per heavy atom. The molecule has 0 saturated heterocycles. The van der Waals surface area contributed by atoms with Crippen molar-refractivity contribution in [3.63, 3.8) is 0 Å². The molecule has 2 N–H and O–H groups in total. The van der Waals surface area contributed by atoms with E-state index in [0.29, 0.717) is 6.61 Å². The van der Waals surface area contributed by atoms with E-state index in [0.717, 1.165) is 40.4 Å². The van der Waals surface area contributed by atoms with Crippen molar-refractivity contribution in [2.24, 2.45) is 5.73 Å². The highest BCUT2D eigenvalue weighted by Gasteiger charge is 2.11. The summed E-state index contributed by atoms with van der Waals surface area (Å²) in [5, 5.41) is 0. The Kier molecular flexibility index (Phi) is 14.6. The molecule has 0 aliphatic rings. The lowest BCUT2D eigenvalue weighted by molar-refractivity contribution is -0.117. The van der Waals surface area contributed by atoms with Gasteiger partial charge in [0, 0.05) is 18.1 Å². The molecule has 2 aromatic carbocycles. The average molecular weight is 540 g/mol. The lowest BCUT2D eigenvalue weighted by Crippen LogP contribution is -2.14. The zero-order chi connectivity index (χ0) is 26.3.